The summed E-state index contributed by atoms with van der Waals surface area (Å²) < 4.78 is 32.6. The molecule has 3 N–H and O–H groups in total. The zero-order valence-electron chi connectivity index (χ0n) is 34.1. The molecular weight excluding hydrogens is 713 g/mol. The molecule has 0 bridgehead atoms. The van der Waals surface area contributed by atoms with Crippen LogP contribution in [0, 0.1) is 0 Å². The Morgan fingerprint density at radius 3 is 1.56 bits per heavy atom. The number of rotatable bonds is 37. The lowest BCUT2D eigenvalue weighted by molar-refractivity contribution is -0.161. The van der Waals surface area contributed by atoms with Crippen LogP contribution in [0.15, 0.2) is 97.2 Å². The van der Waals surface area contributed by atoms with Crippen molar-refractivity contribution in [2.45, 2.75) is 148 Å². The molecule has 0 aromatic carbocycles. The van der Waals surface area contributed by atoms with E-state index in [1.807, 2.05) is 12.2 Å². The van der Waals surface area contributed by atoms with Gasteiger partial charge in [-0.1, -0.05) is 143 Å². The van der Waals surface area contributed by atoms with E-state index in [1.165, 1.54) is 38.5 Å². The fourth-order valence-corrected chi connectivity index (χ4v) is 5.69. The van der Waals surface area contributed by atoms with Crippen LogP contribution < -0.4 is 5.73 Å². The van der Waals surface area contributed by atoms with Crippen molar-refractivity contribution in [1.29, 1.82) is 0 Å². The van der Waals surface area contributed by atoms with Gasteiger partial charge in [0.25, 0.3) is 0 Å². The number of phosphoric ester groups is 1. The molecule has 9 nitrogen and oxygen atoms in total. The van der Waals surface area contributed by atoms with E-state index in [0.717, 1.165) is 64.2 Å². The summed E-state index contributed by atoms with van der Waals surface area (Å²) in [5.41, 5.74) is 5.33. The second-order valence-corrected chi connectivity index (χ2v) is 14.6. The van der Waals surface area contributed by atoms with Crippen molar-refractivity contribution >= 4 is 19.8 Å². The smallest absolute Gasteiger partial charge is 0.462 e. The van der Waals surface area contributed by atoms with Crippen LogP contribution in [0.2, 0.25) is 0 Å². The van der Waals surface area contributed by atoms with Crippen molar-refractivity contribution < 1.29 is 37.6 Å². The number of phosphoric acid groups is 1. The summed E-state index contributed by atoms with van der Waals surface area (Å²) in [6, 6.07) is 0. The lowest BCUT2D eigenvalue weighted by Crippen LogP contribution is -2.29. The molecule has 1 unspecified atom stereocenters. The van der Waals surface area contributed by atoms with Crippen LogP contribution in [0.1, 0.15) is 142 Å². The second kappa shape index (κ2) is 40.6. The monoisotopic (exact) mass is 788 g/mol. The van der Waals surface area contributed by atoms with Crippen LogP contribution in [0.3, 0.4) is 0 Å². The topological polar surface area (TPSA) is 134 Å². The minimum Gasteiger partial charge on any atom is -0.462 e. The van der Waals surface area contributed by atoms with Crippen molar-refractivity contribution in [1.82, 2.24) is 0 Å². The Balaban J connectivity index is 4.38. The number of unbranched alkanes of at least 4 members (excludes halogenated alkanes) is 8. The molecule has 0 spiro atoms. The van der Waals surface area contributed by atoms with E-state index in [9.17, 15) is 19.0 Å². The molecule has 0 aromatic rings. The highest BCUT2D eigenvalue weighted by molar-refractivity contribution is 7.47. The number of ether oxygens (including phenoxy) is 2. The summed E-state index contributed by atoms with van der Waals surface area (Å²) in [4.78, 5) is 34.8. The Labute approximate surface area is 334 Å². The molecule has 0 rings (SSSR count). The van der Waals surface area contributed by atoms with E-state index < -0.39 is 32.5 Å². The summed E-state index contributed by atoms with van der Waals surface area (Å²) in [6.07, 6.45) is 51.7. The van der Waals surface area contributed by atoms with Gasteiger partial charge in [-0.25, -0.2) is 4.57 Å². The van der Waals surface area contributed by atoms with E-state index in [0.29, 0.717) is 12.8 Å². The average Bonchev–Trinajstić information content (AvgIpc) is 3.17. The van der Waals surface area contributed by atoms with E-state index >= 15 is 0 Å². The van der Waals surface area contributed by atoms with Crippen molar-refractivity contribution in [3.05, 3.63) is 97.2 Å². The van der Waals surface area contributed by atoms with Crippen molar-refractivity contribution in [3.63, 3.8) is 0 Å². The van der Waals surface area contributed by atoms with Gasteiger partial charge in [0.15, 0.2) is 6.10 Å². The molecule has 10 heteroatoms. The number of hydrogen-bond donors (Lipinski definition) is 2. The van der Waals surface area contributed by atoms with Gasteiger partial charge in [-0.15, -0.1) is 0 Å². The Morgan fingerprint density at radius 1 is 0.564 bits per heavy atom. The summed E-state index contributed by atoms with van der Waals surface area (Å²) >= 11 is 0. The molecule has 0 aromatic heterocycles. The first kappa shape index (κ1) is 51.9. The van der Waals surface area contributed by atoms with Crippen LogP contribution in [0.5, 0.6) is 0 Å². The van der Waals surface area contributed by atoms with Gasteiger partial charge < -0.3 is 20.1 Å². The second-order valence-electron chi connectivity index (χ2n) is 13.1. The van der Waals surface area contributed by atoms with Crippen molar-refractivity contribution in [2.24, 2.45) is 5.73 Å². The fraction of sp³-hybridized carbons (Fsp3) is 0.600. The zero-order valence-corrected chi connectivity index (χ0v) is 35.0. The van der Waals surface area contributed by atoms with Crippen molar-refractivity contribution in [3.8, 4) is 0 Å². The number of allylic oxidation sites excluding steroid dienone is 16. The lowest BCUT2D eigenvalue weighted by Gasteiger charge is -2.19. The van der Waals surface area contributed by atoms with Crippen LogP contribution in [0.25, 0.3) is 0 Å². The van der Waals surface area contributed by atoms with Gasteiger partial charge in [-0.3, -0.25) is 18.6 Å². The van der Waals surface area contributed by atoms with E-state index in [1.54, 1.807) is 0 Å². The fourth-order valence-electron chi connectivity index (χ4n) is 4.92. The quantitative estimate of drug-likeness (QED) is 0.0273. The van der Waals surface area contributed by atoms with Gasteiger partial charge in [-0.2, -0.15) is 0 Å². The maximum atomic E-state index is 12.5. The molecule has 0 aliphatic rings. The summed E-state index contributed by atoms with van der Waals surface area (Å²) in [5.74, 6) is -0.976. The van der Waals surface area contributed by atoms with Gasteiger partial charge in [0.1, 0.15) is 6.61 Å². The minimum atomic E-state index is -4.41. The van der Waals surface area contributed by atoms with Crippen LogP contribution in [0.4, 0.5) is 0 Å². The maximum absolute atomic E-state index is 12.5. The number of esters is 2. The number of carbonyl (C=O) groups is 2. The highest BCUT2D eigenvalue weighted by atomic mass is 31.2. The predicted octanol–water partition coefficient (Wildman–Crippen LogP) is 11.8. The Hall–Kier alpha value is -3.07. The predicted molar refractivity (Wildman–Crippen MR) is 228 cm³/mol. The maximum Gasteiger partial charge on any atom is 0.472 e. The van der Waals surface area contributed by atoms with E-state index in [4.69, 9.17) is 24.3 Å². The van der Waals surface area contributed by atoms with Gasteiger partial charge >= 0.3 is 19.8 Å². The van der Waals surface area contributed by atoms with Crippen molar-refractivity contribution in [2.75, 3.05) is 26.4 Å². The molecule has 0 aliphatic heterocycles. The van der Waals surface area contributed by atoms with Gasteiger partial charge in [0, 0.05) is 19.4 Å². The summed E-state index contributed by atoms with van der Waals surface area (Å²) in [6.45, 7) is 3.45. The molecule has 0 saturated heterocycles. The molecule has 55 heavy (non-hydrogen) atoms. The SMILES string of the molecule is CC/C=C/C/C=C/C/C=C/C/C=C/C/C=C/C/C=C/CCC(=O)OC[C@H](COP(=O)(O)OCCN)OC(=O)CCCC/C=C/C/C=C/CCCCCCCC. The molecule has 0 heterocycles. The Kier molecular flexibility index (Phi) is 38.3. The highest BCUT2D eigenvalue weighted by Gasteiger charge is 2.25. The Morgan fingerprint density at radius 2 is 1.04 bits per heavy atom. The number of carbonyl (C=O) groups excluding carboxylic acids is 2. The first-order chi connectivity index (χ1) is 26.8. The normalized spacial score (nSPS) is 14.3. The first-order valence-corrected chi connectivity index (χ1v) is 22.2. The first-order valence-electron chi connectivity index (χ1n) is 20.7. The minimum absolute atomic E-state index is 0.0336. The zero-order chi connectivity index (χ0) is 40.3. The molecule has 0 aliphatic carbocycles. The third-order valence-electron chi connectivity index (χ3n) is 7.97. The molecule has 0 saturated carbocycles. The molecular formula is C45H74NO8P. The van der Waals surface area contributed by atoms with Crippen LogP contribution in [-0.2, 0) is 32.7 Å². The summed E-state index contributed by atoms with van der Waals surface area (Å²) in [7, 11) is -4.41. The molecule has 0 fully saturated rings. The average molecular weight is 788 g/mol. The molecule has 2 atom stereocenters. The standard InChI is InChI=1S/C45H74NO8P/c1-3-5-7-9-11-13-15-17-19-20-21-22-24-25-27-29-31-33-35-37-44(47)51-41-43(42-53-55(49,50)52-40-39-46)54-45(48)38-36-34-32-30-28-26-23-18-16-14-12-10-8-6-4-2/h5,7,11,13,17-19,21-23,25,27-28,30-31,33,43H,3-4,6,8-10,12,14-16,20,24,26,29,32,34-42,46H2,1-2H3,(H,49,50)/b7-5+,13-11+,19-17+,22-21+,23-18+,27-25+,30-28+,33-31+/t43-/m1/s1. The Bertz CT molecular complexity index is 1220. The van der Waals surface area contributed by atoms with Gasteiger partial charge in [-0.05, 0) is 83.5 Å². The molecule has 0 radical (unpaired) electrons. The van der Waals surface area contributed by atoms with Gasteiger partial charge in [0.2, 0.25) is 0 Å². The third-order valence-corrected chi connectivity index (χ3v) is 8.95. The largest absolute Gasteiger partial charge is 0.472 e. The molecule has 312 valence electrons. The van der Waals surface area contributed by atoms with Crippen LogP contribution >= 0.6 is 7.82 Å². The third kappa shape index (κ3) is 40.4. The van der Waals surface area contributed by atoms with E-state index in [-0.39, 0.29) is 32.6 Å². The summed E-state index contributed by atoms with van der Waals surface area (Å²) in [5, 5.41) is 0. The number of hydrogen-bond acceptors (Lipinski definition) is 8. The highest BCUT2D eigenvalue weighted by Crippen LogP contribution is 2.43. The number of nitrogens with two attached hydrogens (primary N) is 1. The van der Waals surface area contributed by atoms with E-state index in [2.05, 4.69) is 98.9 Å². The van der Waals surface area contributed by atoms with Crippen LogP contribution in [-0.4, -0.2) is 49.3 Å². The molecule has 0 amide bonds. The van der Waals surface area contributed by atoms with Gasteiger partial charge in [0.05, 0.1) is 13.2 Å². The lowest BCUT2D eigenvalue weighted by atomic mass is 10.1.